The van der Waals surface area contributed by atoms with Crippen LogP contribution >= 0.6 is 11.3 Å². The van der Waals surface area contributed by atoms with Gasteiger partial charge in [-0.05, 0) is 46.7 Å². The minimum absolute atomic E-state index is 0.113. The number of furan rings is 1. The van der Waals surface area contributed by atoms with Gasteiger partial charge in [0.25, 0.3) is 5.91 Å². The first-order chi connectivity index (χ1) is 15.2. The molecule has 3 aromatic rings. The number of para-hydroxylation sites is 1. The lowest BCUT2D eigenvalue weighted by Crippen LogP contribution is -2.48. The highest BCUT2D eigenvalue weighted by atomic mass is 32.1. The first kappa shape index (κ1) is 21.3. The van der Waals surface area contributed by atoms with Crippen LogP contribution in [0.25, 0.3) is 0 Å². The van der Waals surface area contributed by atoms with Crippen molar-refractivity contribution in [2.24, 2.45) is 0 Å². The van der Waals surface area contributed by atoms with E-state index in [0.29, 0.717) is 30.1 Å². The van der Waals surface area contributed by atoms with Crippen molar-refractivity contribution in [2.45, 2.75) is 13.1 Å². The summed E-state index contributed by atoms with van der Waals surface area (Å²) in [6, 6.07) is 12.8. The number of rotatable bonds is 8. The van der Waals surface area contributed by atoms with E-state index in [1.54, 1.807) is 47.9 Å². The Hall–Kier alpha value is -2.94. The highest BCUT2D eigenvalue weighted by Crippen LogP contribution is 2.16. The number of piperazine rings is 1. The molecule has 0 saturated carbocycles. The van der Waals surface area contributed by atoms with Gasteiger partial charge in [0.2, 0.25) is 5.91 Å². The Morgan fingerprint density at radius 2 is 1.81 bits per heavy atom. The Bertz CT molecular complexity index is 980. The zero-order chi connectivity index (χ0) is 21.5. The minimum Gasteiger partial charge on any atom is -0.467 e. The van der Waals surface area contributed by atoms with Crippen molar-refractivity contribution < 1.29 is 14.0 Å². The molecule has 0 spiro atoms. The maximum Gasteiger partial charge on any atom is 0.253 e. The number of hydrogen-bond acceptors (Lipinski definition) is 6. The van der Waals surface area contributed by atoms with Crippen molar-refractivity contribution in [3.8, 4) is 0 Å². The summed E-state index contributed by atoms with van der Waals surface area (Å²) in [5, 5.41) is 10.0. The van der Waals surface area contributed by atoms with E-state index in [4.69, 9.17) is 4.42 Å². The summed E-state index contributed by atoms with van der Waals surface area (Å²) >= 11 is 1.72. The molecule has 0 unspecified atom stereocenters. The molecule has 1 aromatic carbocycles. The summed E-state index contributed by atoms with van der Waals surface area (Å²) < 4.78 is 5.24. The molecular weight excluding hydrogens is 412 g/mol. The zero-order valence-electron chi connectivity index (χ0n) is 17.3. The molecule has 1 aliphatic rings. The molecule has 162 valence electrons. The van der Waals surface area contributed by atoms with E-state index in [1.165, 1.54) is 5.56 Å². The van der Waals surface area contributed by atoms with Crippen LogP contribution in [-0.4, -0.2) is 54.3 Å². The fraction of sp³-hybridized carbons (Fsp3) is 0.304. The molecule has 1 fully saturated rings. The molecule has 1 saturated heterocycles. The fourth-order valence-electron chi connectivity index (χ4n) is 3.61. The van der Waals surface area contributed by atoms with Crippen molar-refractivity contribution in [1.82, 2.24) is 15.1 Å². The average Bonchev–Trinajstić information content (AvgIpc) is 3.48. The number of carbonyl (C=O) groups is 2. The largest absolute Gasteiger partial charge is 0.467 e. The number of carbonyl (C=O) groups excluding carboxylic acids is 2. The van der Waals surface area contributed by atoms with Crippen molar-refractivity contribution >= 4 is 28.8 Å². The average molecular weight is 439 g/mol. The van der Waals surface area contributed by atoms with E-state index in [-0.39, 0.29) is 11.8 Å². The smallest absolute Gasteiger partial charge is 0.253 e. The molecule has 0 atom stereocenters. The maximum atomic E-state index is 12.6. The quantitative estimate of drug-likeness (QED) is 0.565. The second-order valence-corrected chi connectivity index (χ2v) is 8.32. The molecule has 2 aromatic heterocycles. The Morgan fingerprint density at radius 3 is 2.55 bits per heavy atom. The molecule has 1 aliphatic heterocycles. The second kappa shape index (κ2) is 10.4. The lowest BCUT2D eigenvalue weighted by molar-refractivity contribution is -0.117. The monoisotopic (exact) mass is 438 g/mol. The van der Waals surface area contributed by atoms with E-state index in [9.17, 15) is 9.59 Å². The fourth-order valence-corrected chi connectivity index (χ4v) is 4.26. The molecular formula is C23H26N4O3S. The predicted octanol–water partition coefficient (Wildman–Crippen LogP) is 3.03. The van der Waals surface area contributed by atoms with Crippen LogP contribution in [0.15, 0.2) is 63.9 Å². The first-order valence-electron chi connectivity index (χ1n) is 10.3. The summed E-state index contributed by atoms with van der Waals surface area (Å²) in [4.78, 5) is 29.8. The summed E-state index contributed by atoms with van der Waals surface area (Å²) in [5.41, 5.74) is 2.29. The Labute approximate surface area is 185 Å². The van der Waals surface area contributed by atoms with Crippen LogP contribution in [0.5, 0.6) is 0 Å². The van der Waals surface area contributed by atoms with Gasteiger partial charge in [0, 0.05) is 32.7 Å². The van der Waals surface area contributed by atoms with Crippen LogP contribution in [0.2, 0.25) is 0 Å². The van der Waals surface area contributed by atoms with Crippen molar-refractivity contribution in [3.63, 3.8) is 0 Å². The van der Waals surface area contributed by atoms with E-state index in [0.717, 1.165) is 32.7 Å². The number of benzene rings is 1. The van der Waals surface area contributed by atoms with Gasteiger partial charge in [0.15, 0.2) is 0 Å². The lowest BCUT2D eigenvalue weighted by atomic mass is 10.1. The molecule has 2 amide bonds. The van der Waals surface area contributed by atoms with Gasteiger partial charge in [-0.2, -0.15) is 11.3 Å². The van der Waals surface area contributed by atoms with Crippen molar-refractivity contribution in [3.05, 3.63) is 76.4 Å². The Kier molecular flexibility index (Phi) is 7.14. The standard InChI is InChI=1S/C23H26N4O3S/c28-22(16-27-10-8-26(9-11-27)15-18-7-13-31-17-18)25-21-6-2-1-5-20(21)23(29)24-14-19-4-3-12-30-19/h1-7,12-13,17H,8-11,14-16H2,(H,24,29)(H,25,28). The van der Waals surface area contributed by atoms with E-state index >= 15 is 0 Å². The predicted molar refractivity (Wildman–Crippen MR) is 121 cm³/mol. The number of anilines is 1. The van der Waals surface area contributed by atoms with Crippen LogP contribution in [0.4, 0.5) is 5.69 Å². The van der Waals surface area contributed by atoms with Gasteiger partial charge in [-0.1, -0.05) is 12.1 Å². The Morgan fingerprint density at radius 1 is 1.00 bits per heavy atom. The highest BCUT2D eigenvalue weighted by Gasteiger charge is 2.20. The van der Waals surface area contributed by atoms with Crippen LogP contribution in [0.3, 0.4) is 0 Å². The SMILES string of the molecule is O=C(CN1CCN(Cc2ccsc2)CC1)Nc1ccccc1C(=O)NCc1ccco1. The van der Waals surface area contributed by atoms with Gasteiger partial charge in [0.1, 0.15) is 5.76 Å². The third-order valence-corrected chi connectivity index (χ3v) is 6.00. The molecule has 8 heteroatoms. The zero-order valence-corrected chi connectivity index (χ0v) is 18.1. The number of thiophene rings is 1. The first-order valence-corrected chi connectivity index (χ1v) is 11.3. The molecule has 0 aliphatic carbocycles. The third-order valence-electron chi connectivity index (χ3n) is 5.27. The minimum atomic E-state index is -0.255. The molecule has 7 nitrogen and oxygen atoms in total. The lowest BCUT2D eigenvalue weighted by Gasteiger charge is -2.34. The van der Waals surface area contributed by atoms with Gasteiger partial charge in [-0.15, -0.1) is 0 Å². The highest BCUT2D eigenvalue weighted by molar-refractivity contribution is 7.07. The normalized spacial score (nSPS) is 15.0. The molecule has 4 rings (SSSR count). The van der Waals surface area contributed by atoms with Gasteiger partial charge in [0.05, 0.1) is 30.6 Å². The van der Waals surface area contributed by atoms with Crippen LogP contribution in [0, 0.1) is 0 Å². The summed E-state index contributed by atoms with van der Waals surface area (Å²) in [6.45, 7) is 5.15. The van der Waals surface area contributed by atoms with Gasteiger partial charge < -0.3 is 15.1 Å². The maximum absolute atomic E-state index is 12.6. The molecule has 3 heterocycles. The van der Waals surface area contributed by atoms with Crippen LogP contribution < -0.4 is 10.6 Å². The van der Waals surface area contributed by atoms with E-state index in [2.05, 4.69) is 37.3 Å². The van der Waals surface area contributed by atoms with Gasteiger partial charge in [-0.3, -0.25) is 19.4 Å². The molecule has 0 radical (unpaired) electrons. The number of nitrogens with zero attached hydrogens (tertiary/aromatic N) is 2. The number of amides is 2. The van der Waals surface area contributed by atoms with Crippen molar-refractivity contribution in [1.29, 1.82) is 0 Å². The summed E-state index contributed by atoms with van der Waals surface area (Å²) in [6.07, 6.45) is 1.57. The van der Waals surface area contributed by atoms with Gasteiger partial charge in [-0.25, -0.2) is 0 Å². The summed E-state index contributed by atoms with van der Waals surface area (Å²) in [7, 11) is 0. The third kappa shape index (κ3) is 6.04. The molecule has 31 heavy (non-hydrogen) atoms. The molecule has 0 bridgehead atoms. The van der Waals surface area contributed by atoms with Crippen LogP contribution in [0.1, 0.15) is 21.7 Å². The number of nitrogens with one attached hydrogen (secondary N) is 2. The topological polar surface area (TPSA) is 77.8 Å². The van der Waals surface area contributed by atoms with E-state index < -0.39 is 0 Å². The summed E-state index contributed by atoms with van der Waals surface area (Å²) in [5.74, 6) is 0.305. The van der Waals surface area contributed by atoms with Crippen molar-refractivity contribution in [2.75, 3.05) is 38.0 Å². The molecule has 2 N–H and O–H groups in total. The number of hydrogen-bond donors (Lipinski definition) is 2. The second-order valence-electron chi connectivity index (χ2n) is 7.54. The van der Waals surface area contributed by atoms with E-state index in [1.807, 2.05) is 6.07 Å². The van der Waals surface area contributed by atoms with Gasteiger partial charge >= 0.3 is 0 Å². The van der Waals surface area contributed by atoms with Crippen LogP contribution in [-0.2, 0) is 17.9 Å². The Balaban J connectivity index is 1.26.